The van der Waals surface area contributed by atoms with E-state index in [1.165, 1.54) is 6.07 Å². The van der Waals surface area contributed by atoms with Crippen LogP contribution in [0, 0.1) is 0 Å². The molecule has 0 saturated heterocycles. The van der Waals surface area contributed by atoms with Gasteiger partial charge in [-0.1, -0.05) is 12.1 Å². The van der Waals surface area contributed by atoms with Crippen molar-refractivity contribution in [1.29, 1.82) is 0 Å². The lowest BCUT2D eigenvalue weighted by Gasteiger charge is -2.16. The third-order valence-corrected chi connectivity index (χ3v) is 4.02. The van der Waals surface area contributed by atoms with Crippen LogP contribution in [0.15, 0.2) is 53.6 Å². The first-order valence-electron chi connectivity index (χ1n) is 8.59. The number of hydrogen-bond donors (Lipinski definition) is 1. The van der Waals surface area contributed by atoms with E-state index in [1.54, 1.807) is 18.2 Å². The number of aromatic nitrogens is 2. The molecule has 3 aromatic rings. The van der Waals surface area contributed by atoms with Crippen LogP contribution in [0.5, 0.6) is 5.75 Å². The van der Waals surface area contributed by atoms with Gasteiger partial charge in [0, 0.05) is 0 Å². The smallest absolute Gasteiger partial charge is 0.422 e. The van der Waals surface area contributed by atoms with Crippen molar-refractivity contribution < 1.29 is 35.9 Å². The molecule has 6 nitrogen and oxygen atoms in total. The molecule has 0 aliphatic heterocycles. The Labute approximate surface area is 170 Å². The molecule has 31 heavy (non-hydrogen) atoms. The van der Waals surface area contributed by atoms with Crippen LogP contribution in [0.3, 0.4) is 0 Å². The van der Waals surface area contributed by atoms with E-state index in [1.807, 2.05) is 0 Å². The van der Waals surface area contributed by atoms with E-state index < -0.39 is 54.0 Å². The average molecular weight is 445 g/mol. The van der Waals surface area contributed by atoms with E-state index in [2.05, 4.69) is 15.0 Å². The highest BCUT2D eigenvalue weighted by molar-refractivity contribution is 5.92. The lowest BCUT2D eigenvalue weighted by molar-refractivity contribution is -0.153. The van der Waals surface area contributed by atoms with Gasteiger partial charge < -0.3 is 10.1 Å². The summed E-state index contributed by atoms with van der Waals surface area (Å²) < 4.78 is 81.6. The molecule has 1 heterocycles. The Bertz CT molecular complexity index is 1170. The number of fused-ring (bicyclic) bond motifs is 1. The van der Waals surface area contributed by atoms with Gasteiger partial charge in [-0.15, -0.1) is 0 Å². The summed E-state index contributed by atoms with van der Waals surface area (Å²) >= 11 is 0. The van der Waals surface area contributed by atoms with Crippen LogP contribution in [0.25, 0.3) is 10.9 Å². The highest BCUT2D eigenvalue weighted by Crippen LogP contribution is 2.35. The number of anilines is 1. The summed E-state index contributed by atoms with van der Waals surface area (Å²) in [6, 6.07) is 7.95. The lowest BCUT2D eigenvalue weighted by atomic mass is 10.1. The van der Waals surface area contributed by atoms with E-state index in [4.69, 9.17) is 0 Å². The maximum atomic E-state index is 13.0. The molecule has 1 amide bonds. The van der Waals surface area contributed by atoms with E-state index in [0.717, 1.165) is 10.9 Å². The monoisotopic (exact) mass is 445 g/mol. The molecular weight excluding hydrogens is 432 g/mol. The Kier molecular flexibility index (Phi) is 5.91. The number of alkyl halides is 6. The van der Waals surface area contributed by atoms with Crippen molar-refractivity contribution in [2.45, 2.75) is 18.9 Å². The largest absolute Gasteiger partial charge is 0.482 e. The molecule has 0 aliphatic rings. The van der Waals surface area contributed by atoms with E-state index >= 15 is 0 Å². The Hall–Kier alpha value is -3.57. The zero-order valence-corrected chi connectivity index (χ0v) is 15.4. The number of halogens is 6. The predicted molar refractivity (Wildman–Crippen MR) is 97.6 cm³/mol. The first kappa shape index (κ1) is 22.1. The van der Waals surface area contributed by atoms with Crippen molar-refractivity contribution >= 4 is 22.5 Å². The quantitative estimate of drug-likeness (QED) is 0.603. The fourth-order valence-corrected chi connectivity index (χ4v) is 2.65. The Morgan fingerprint density at radius 1 is 1.06 bits per heavy atom. The van der Waals surface area contributed by atoms with Gasteiger partial charge in [0.25, 0.3) is 5.56 Å². The SMILES string of the molecule is O=C(Cn1cnc2ccccc2c1=O)Nc1cc(C(F)(F)F)ccc1OCC(F)(F)F. The zero-order chi connectivity index (χ0) is 22.8. The minimum atomic E-state index is -4.80. The molecule has 0 aliphatic carbocycles. The molecule has 164 valence electrons. The summed E-state index contributed by atoms with van der Waals surface area (Å²) in [5.74, 6) is -1.57. The Morgan fingerprint density at radius 2 is 1.77 bits per heavy atom. The van der Waals surface area contributed by atoms with Crippen LogP contribution in [0.4, 0.5) is 32.0 Å². The number of rotatable bonds is 5. The first-order valence-corrected chi connectivity index (χ1v) is 8.59. The summed E-state index contributed by atoms with van der Waals surface area (Å²) in [5, 5.41) is 2.28. The number of benzene rings is 2. The highest BCUT2D eigenvalue weighted by atomic mass is 19.4. The summed E-state index contributed by atoms with van der Waals surface area (Å²) in [6.45, 7) is -2.40. The van der Waals surface area contributed by atoms with Crippen LogP contribution in [-0.2, 0) is 17.5 Å². The van der Waals surface area contributed by atoms with Gasteiger partial charge in [0.15, 0.2) is 6.61 Å². The second kappa shape index (κ2) is 8.28. The van der Waals surface area contributed by atoms with Gasteiger partial charge in [0.2, 0.25) is 5.91 Å². The number of hydrogen-bond acceptors (Lipinski definition) is 4. The second-order valence-corrected chi connectivity index (χ2v) is 6.36. The fourth-order valence-electron chi connectivity index (χ4n) is 2.65. The lowest BCUT2D eigenvalue weighted by Crippen LogP contribution is -2.28. The highest BCUT2D eigenvalue weighted by Gasteiger charge is 2.33. The van der Waals surface area contributed by atoms with Crippen LogP contribution in [0.1, 0.15) is 5.56 Å². The van der Waals surface area contributed by atoms with Gasteiger partial charge in [-0.3, -0.25) is 14.2 Å². The zero-order valence-electron chi connectivity index (χ0n) is 15.4. The van der Waals surface area contributed by atoms with Crippen LogP contribution < -0.4 is 15.6 Å². The minimum absolute atomic E-state index is 0.214. The van der Waals surface area contributed by atoms with Gasteiger partial charge in [-0.2, -0.15) is 26.3 Å². The maximum absolute atomic E-state index is 13.0. The molecule has 0 fully saturated rings. The van der Waals surface area contributed by atoms with Gasteiger partial charge in [0.1, 0.15) is 12.3 Å². The molecule has 0 unspecified atom stereocenters. The number of nitrogens with zero attached hydrogens (tertiary/aromatic N) is 2. The molecular formula is C19H13F6N3O3. The standard InChI is InChI=1S/C19H13F6N3O3/c20-18(21,22)9-31-15-6-5-11(19(23,24)25)7-14(15)27-16(29)8-28-10-26-13-4-2-1-3-12(13)17(28)30/h1-7,10H,8-9H2,(H,27,29). The molecule has 0 bridgehead atoms. The van der Waals surface area contributed by atoms with Crippen LogP contribution >= 0.6 is 0 Å². The minimum Gasteiger partial charge on any atom is -0.482 e. The topological polar surface area (TPSA) is 73.2 Å². The summed E-state index contributed by atoms with van der Waals surface area (Å²) in [6.07, 6.45) is -8.47. The number of amides is 1. The normalized spacial score (nSPS) is 12.1. The van der Waals surface area contributed by atoms with E-state index in [9.17, 15) is 35.9 Å². The predicted octanol–water partition coefficient (Wildman–Crippen LogP) is 4.00. The van der Waals surface area contributed by atoms with Crippen LogP contribution in [-0.4, -0.2) is 28.2 Å². The van der Waals surface area contributed by atoms with Crippen molar-refractivity contribution in [3.8, 4) is 5.75 Å². The maximum Gasteiger partial charge on any atom is 0.422 e. The molecule has 0 atom stereocenters. The summed E-state index contributed by atoms with van der Waals surface area (Å²) in [7, 11) is 0. The number of para-hydroxylation sites is 1. The molecule has 1 N–H and O–H groups in total. The molecule has 0 saturated carbocycles. The third kappa shape index (κ3) is 5.53. The molecule has 3 rings (SSSR count). The third-order valence-electron chi connectivity index (χ3n) is 4.02. The Balaban J connectivity index is 1.86. The van der Waals surface area contributed by atoms with Crippen molar-refractivity contribution in [2.24, 2.45) is 0 Å². The molecule has 12 heteroatoms. The van der Waals surface area contributed by atoms with Gasteiger partial charge in [-0.05, 0) is 30.3 Å². The number of carbonyl (C=O) groups is 1. The van der Waals surface area contributed by atoms with Crippen molar-refractivity contribution in [3.63, 3.8) is 0 Å². The Morgan fingerprint density at radius 3 is 2.45 bits per heavy atom. The molecule has 1 aromatic heterocycles. The van der Waals surface area contributed by atoms with Crippen molar-refractivity contribution in [3.05, 3.63) is 64.7 Å². The summed E-state index contributed by atoms with van der Waals surface area (Å²) in [5.41, 5.74) is -2.01. The number of carbonyl (C=O) groups excluding carboxylic acids is 1. The van der Waals surface area contributed by atoms with Crippen LogP contribution in [0.2, 0.25) is 0 Å². The average Bonchev–Trinajstić information content (AvgIpc) is 2.68. The molecule has 2 aromatic carbocycles. The molecule has 0 radical (unpaired) electrons. The summed E-state index contributed by atoms with van der Waals surface area (Å²) in [4.78, 5) is 28.8. The van der Waals surface area contributed by atoms with Crippen molar-refractivity contribution in [2.75, 3.05) is 11.9 Å². The molecule has 0 spiro atoms. The first-order chi connectivity index (χ1) is 14.4. The van der Waals surface area contributed by atoms with Gasteiger partial charge >= 0.3 is 12.4 Å². The second-order valence-electron chi connectivity index (χ2n) is 6.36. The van der Waals surface area contributed by atoms with Gasteiger partial charge in [0.05, 0.1) is 28.5 Å². The number of ether oxygens (including phenoxy) is 1. The number of nitrogens with one attached hydrogen (secondary N) is 1. The fraction of sp³-hybridized carbons (Fsp3) is 0.211. The van der Waals surface area contributed by atoms with Gasteiger partial charge in [-0.25, -0.2) is 4.98 Å². The van der Waals surface area contributed by atoms with E-state index in [0.29, 0.717) is 23.7 Å². The van der Waals surface area contributed by atoms with Crippen molar-refractivity contribution in [1.82, 2.24) is 9.55 Å². The van der Waals surface area contributed by atoms with E-state index in [-0.39, 0.29) is 5.39 Å².